The van der Waals surface area contributed by atoms with E-state index in [-0.39, 0.29) is 18.2 Å². The smallest absolute Gasteiger partial charge is 0.303 e. The lowest BCUT2D eigenvalue weighted by molar-refractivity contribution is -0.140. The number of nitrogens with zero attached hydrogens (tertiary/aromatic N) is 1. The molecule has 1 aliphatic heterocycles. The van der Waals surface area contributed by atoms with Crippen LogP contribution in [0.15, 0.2) is 24.3 Å². The molecule has 1 aliphatic rings. The van der Waals surface area contributed by atoms with Gasteiger partial charge in [0.2, 0.25) is 0 Å². The van der Waals surface area contributed by atoms with Gasteiger partial charge >= 0.3 is 5.97 Å². The minimum Gasteiger partial charge on any atom is -0.481 e. The molecule has 0 radical (unpaired) electrons. The molecule has 1 fully saturated rings. The monoisotopic (exact) mass is 339 g/mol. The molecular formula is C17H22ClNO4. The van der Waals surface area contributed by atoms with E-state index in [1.807, 2.05) is 0 Å². The predicted octanol–water partition coefficient (Wildman–Crippen LogP) is 3.21. The SMILES string of the molecule is CC(Oc1cccc(Cl)c1)C(=O)N1CCCC(CCC(=O)O)C1. The first-order chi connectivity index (χ1) is 11.0. The summed E-state index contributed by atoms with van der Waals surface area (Å²) < 4.78 is 5.67. The van der Waals surface area contributed by atoms with Crippen molar-refractivity contribution in [2.24, 2.45) is 5.92 Å². The zero-order valence-corrected chi connectivity index (χ0v) is 14.0. The van der Waals surface area contributed by atoms with Crippen molar-refractivity contribution in [3.63, 3.8) is 0 Å². The number of amides is 1. The standard InChI is InChI=1S/C17H22ClNO4/c1-12(23-15-6-2-5-14(18)10-15)17(22)19-9-3-4-13(11-19)7-8-16(20)21/h2,5-6,10,12-13H,3-4,7-9,11H2,1H3,(H,20,21). The predicted molar refractivity (Wildman–Crippen MR) is 87.7 cm³/mol. The molecule has 1 saturated heterocycles. The third-order valence-electron chi connectivity index (χ3n) is 4.05. The van der Waals surface area contributed by atoms with Crippen LogP contribution in [0.4, 0.5) is 0 Å². The molecule has 0 aromatic heterocycles. The van der Waals surface area contributed by atoms with E-state index >= 15 is 0 Å². The summed E-state index contributed by atoms with van der Waals surface area (Å²) in [5.74, 6) is -0.0314. The molecule has 1 heterocycles. The van der Waals surface area contributed by atoms with Crippen molar-refractivity contribution >= 4 is 23.5 Å². The van der Waals surface area contributed by atoms with Crippen molar-refractivity contribution in [2.75, 3.05) is 13.1 Å². The number of benzene rings is 1. The van der Waals surface area contributed by atoms with Crippen molar-refractivity contribution < 1.29 is 19.4 Å². The molecule has 5 nitrogen and oxygen atoms in total. The van der Waals surface area contributed by atoms with Gasteiger partial charge in [0, 0.05) is 24.5 Å². The Kier molecular flexibility index (Phi) is 6.28. The largest absolute Gasteiger partial charge is 0.481 e. The van der Waals surface area contributed by atoms with Crippen LogP contribution in [0.1, 0.15) is 32.6 Å². The zero-order chi connectivity index (χ0) is 16.8. The highest BCUT2D eigenvalue weighted by Gasteiger charge is 2.28. The van der Waals surface area contributed by atoms with E-state index in [0.29, 0.717) is 30.3 Å². The molecule has 0 aliphatic carbocycles. The minimum atomic E-state index is -0.786. The quantitative estimate of drug-likeness (QED) is 0.864. The maximum Gasteiger partial charge on any atom is 0.303 e. The Hall–Kier alpha value is -1.75. The third-order valence-corrected chi connectivity index (χ3v) is 4.29. The number of carboxylic acids is 1. The molecule has 2 rings (SSSR count). The normalized spacial score (nSPS) is 19.2. The number of ether oxygens (including phenoxy) is 1. The van der Waals surface area contributed by atoms with Crippen LogP contribution in [0.5, 0.6) is 5.75 Å². The van der Waals surface area contributed by atoms with Crippen LogP contribution >= 0.6 is 11.6 Å². The fraction of sp³-hybridized carbons (Fsp3) is 0.529. The highest BCUT2D eigenvalue weighted by molar-refractivity contribution is 6.30. The van der Waals surface area contributed by atoms with Crippen LogP contribution in [0, 0.1) is 5.92 Å². The Morgan fingerprint density at radius 3 is 2.96 bits per heavy atom. The number of carbonyl (C=O) groups is 2. The van der Waals surface area contributed by atoms with Gasteiger partial charge < -0.3 is 14.7 Å². The summed E-state index contributed by atoms with van der Waals surface area (Å²) in [7, 11) is 0. The second-order valence-electron chi connectivity index (χ2n) is 5.94. The van der Waals surface area contributed by atoms with Crippen LogP contribution in [0.2, 0.25) is 5.02 Å². The number of piperidine rings is 1. The molecule has 0 spiro atoms. The number of rotatable bonds is 6. The molecule has 1 N–H and O–H groups in total. The maximum absolute atomic E-state index is 12.5. The summed E-state index contributed by atoms with van der Waals surface area (Å²) in [4.78, 5) is 25.0. The first-order valence-electron chi connectivity index (χ1n) is 7.88. The topological polar surface area (TPSA) is 66.8 Å². The van der Waals surface area contributed by atoms with Crippen molar-refractivity contribution in [2.45, 2.75) is 38.7 Å². The Balaban J connectivity index is 1.89. The van der Waals surface area contributed by atoms with Gasteiger partial charge in [-0.25, -0.2) is 0 Å². The van der Waals surface area contributed by atoms with Gasteiger partial charge in [-0.1, -0.05) is 17.7 Å². The number of aliphatic carboxylic acids is 1. The highest BCUT2D eigenvalue weighted by atomic mass is 35.5. The van der Waals surface area contributed by atoms with Gasteiger partial charge in [-0.15, -0.1) is 0 Å². The average molecular weight is 340 g/mol. The van der Waals surface area contributed by atoms with Gasteiger partial charge in [0.15, 0.2) is 6.10 Å². The van der Waals surface area contributed by atoms with E-state index < -0.39 is 12.1 Å². The summed E-state index contributed by atoms with van der Waals surface area (Å²) in [6, 6.07) is 6.97. The van der Waals surface area contributed by atoms with E-state index in [1.165, 1.54) is 0 Å². The van der Waals surface area contributed by atoms with Crippen LogP contribution in [0.3, 0.4) is 0 Å². The molecule has 2 atom stereocenters. The highest BCUT2D eigenvalue weighted by Crippen LogP contribution is 2.23. The van der Waals surface area contributed by atoms with Gasteiger partial charge in [0.1, 0.15) is 5.75 Å². The van der Waals surface area contributed by atoms with Gasteiger partial charge in [0.05, 0.1) is 0 Å². The lowest BCUT2D eigenvalue weighted by Crippen LogP contribution is -2.45. The maximum atomic E-state index is 12.5. The summed E-state index contributed by atoms with van der Waals surface area (Å²) in [6.45, 7) is 3.03. The molecule has 2 unspecified atom stereocenters. The van der Waals surface area contributed by atoms with Crippen molar-refractivity contribution in [3.8, 4) is 5.75 Å². The Bertz CT molecular complexity index is 563. The summed E-state index contributed by atoms with van der Waals surface area (Å²) in [5, 5.41) is 9.35. The van der Waals surface area contributed by atoms with Crippen LogP contribution in [-0.4, -0.2) is 41.1 Å². The lowest BCUT2D eigenvalue weighted by atomic mass is 9.93. The Morgan fingerprint density at radius 2 is 2.26 bits per heavy atom. The number of hydrogen-bond donors (Lipinski definition) is 1. The fourth-order valence-electron chi connectivity index (χ4n) is 2.88. The van der Waals surface area contributed by atoms with E-state index in [2.05, 4.69) is 0 Å². The Morgan fingerprint density at radius 1 is 1.48 bits per heavy atom. The Labute approximate surface area is 141 Å². The summed E-state index contributed by atoms with van der Waals surface area (Å²) in [6.07, 6.45) is 2.05. The fourth-order valence-corrected chi connectivity index (χ4v) is 3.06. The number of halogens is 1. The first kappa shape index (κ1) is 17.6. The molecule has 6 heteroatoms. The molecule has 1 aromatic carbocycles. The van der Waals surface area contributed by atoms with Crippen LogP contribution < -0.4 is 4.74 Å². The van der Waals surface area contributed by atoms with Crippen molar-refractivity contribution in [1.29, 1.82) is 0 Å². The first-order valence-corrected chi connectivity index (χ1v) is 8.26. The van der Waals surface area contributed by atoms with Gasteiger partial charge in [-0.2, -0.15) is 0 Å². The molecule has 1 amide bonds. The number of carbonyl (C=O) groups excluding carboxylic acids is 1. The van der Waals surface area contributed by atoms with Gasteiger partial charge in [-0.05, 0) is 50.3 Å². The van der Waals surface area contributed by atoms with E-state index in [0.717, 1.165) is 12.8 Å². The average Bonchev–Trinajstić information content (AvgIpc) is 2.52. The van der Waals surface area contributed by atoms with Gasteiger partial charge in [0.25, 0.3) is 5.91 Å². The molecule has 126 valence electrons. The second kappa shape index (κ2) is 8.20. The van der Waals surface area contributed by atoms with Crippen molar-refractivity contribution in [1.82, 2.24) is 4.90 Å². The second-order valence-corrected chi connectivity index (χ2v) is 6.38. The molecule has 1 aromatic rings. The van der Waals surface area contributed by atoms with Gasteiger partial charge in [-0.3, -0.25) is 9.59 Å². The molecule has 23 heavy (non-hydrogen) atoms. The molecular weight excluding hydrogens is 318 g/mol. The minimum absolute atomic E-state index is 0.0648. The van der Waals surface area contributed by atoms with Crippen LogP contribution in [0.25, 0.3) is 0 Å². The lowest BCUT2D eigenvalue weighted by Gasteiger charge is -2.34. The van der Waals surface area contributed by atoms with Crippen molar-refractivity contribution in [3.05, 3.63) is 29.3 Å². The molecule has 0 bridgehead atoms. The summed E-state index contributed by atoms with van der Waals surface area (Å²) in [5.41, 5.74) is 0. The number of hydrogen-bond acceptors (Lipinski definition) is 3. The molecule has 0 saturated carbocycles. The number of carboxylic acid groups (broad SMARTS) is 1. The van der Waals surface area contributed by atoms with E-state index in [9.17, 15) is 9.59 Å². The zero-order valence-electron chi connectivity index (χ0n) is 13.2. The van der Waals surface area contributed by atoms with E-state index in [4.69, 9.17) is 21.4 Å². The van der Waals surface area contributed by atoms with E-state index in [1.54, 1.807) is 36.1 Å². The third kappa shape index (κ3) is 5.43. The summed E-state index contributed by atoms with van der Waals surface area (Å²) >= 11 is 5.91. The van der Waals surface area contributed by atoms with Crippen LogP contribution in [-0.2, 0) is 9.59 Å². The number of likely N-dealkylation sites (tertiary alicyclic amines) is 1.